The fraction of sp³-hybridized carbons (Fsp3) is 0.250. The number of aliphatic carboxylic acids is 1. The Bertz CT molecular complexity index is 747. The van der Waals surface area contributed by atoms with Crippen molar-refractivity contribution in [3.05, 3.63) is 41.7 Å². The summed E-state index contributed by atoms with van der Waals surface area (Å²) in [7, 11) is 2.80. The first-order valence-electron chi connectivity index (χ1n) is 7.18. The Balaban J connectivity index is 2.14. The third-order valence-electron chi connectivity index (χ3n) is 3.07. The quantitative estimate of drug-likeness (QED) is 0.733. The summed E-state index contributed by atoms with van der Waals surface area (Å²) in [5, 5.41) is 11.4. The second-order valence-electron chi connectivity index (χ2n) is 4.81. The van der Waals surface area contributed by atoms with Crippen molar-refractivity contribution in [1.82, 2.24) is 9.97 Å². The van der Waals surface area contributed by atoms with Gasteiger partial charge < -0.3 is 19.9 Å². The first-order valence-corrected chi connectivity index (χ1v) is 8.33. The van der Waals surface area contributed by atoms with Crippen LogP contribution in [0.5, 0.6) is 11.8 Å². The molecule has 0 spiro atoms. The molecular weight excluding hydrogens is 346 g/mol. The fourth-order valence-corrected chi connectivity index (χ4v) is 2.74. The van der Waals surface area contributed by atoms with E-state index in [1.165, 1.54) is 32.3 Å². The van der Waals surface area contributed by atoms with E-state index in [1.54, 1.807) is 18.2 Å². The lowest BCUT2D eigenvalue weighted by Gasteiger charge is -2.11. The van der Waals surface area contributed by atoms with E-state index in [2.05, 4.69) is 15.3 Å². The standard InChI is InChI=1S/C16H17N3O5S/c1-23-15-13(16(24-2)18-9-17-15)14(22)19-11-5-3-4-10(6-11)7-25-8-12(20)21/h3-6,9H,7-8H2,1-2H3,(H,19,22)(H,20,21). The number of carboxylic acids is 1. The molecule has 1 aromatic heterocycles. The number of methoxy groups -OCH3 is 2. The first-order chi connectivity index (χ1) is 12.0. The number of hydrogen-bond acceptors (Lipinski definition) is 7. The van der Waals surface area contributed by atoms with Crippen LogP contribution in [-0.4, -0.2) is 46.9 Å². The molecule has 0 saturated heterocycles. The molecule has 0 saturated carbocycles. The molecular formula is C16H17N3O5S. The SMILES string of the molecule is COc1ncnc(OC)c1C(=O)Nc1cccc(CSCC(=O)O)c1. The molecule has 0 aliphatic rings. The Kier molecular flexibility index (Phi) is 6.58. The Morgan fingerprint density at radius 3 is 2.48 bits per heavy atom. The van der Waals surface area contributed by atoms with Crippen LogP contribution in [-0.2, 0) is 10.5 Å². The molecule has 1 heterocycles. The summed E-state index contributed by atoms with van der Waals surface area (Å²) in [4.78, 5) is 30.9. The molecule has 0 bridgehead atoms. The molecule has 25 heavy (non-hydrogen) atoms. The smallest absolute Gasteiger partial charge is 0.313 e. The minimum Gasteiger partial charge on any atom is -0.481 e. The highest BCUT2D eigenvalue weighted by molar-refractivity contribution is 7.99. The maximum atomic E-state index is 12.6. The number of carbonyl (C=O) groups is 2. The van der Waals surface area contributed by atoms with Crippen LogP contribution in [0.4, 0.5) is 5.69 Å². The van der Waals surface area contributed by atoms with Crippen LogP contribution in [0.25, 0.3) is 0 Å². The minimum atomic E-state index is -0.863. The van der Waals surface area contributed by atoms with Crippen molar-refractivity contribution in [1.29, 1.82) is 0 Å². The molecule has 2 aromatic rings. The molecule has 1 aromatic carbocycles. The number of thioether (sulfide) groups is 1. The van der Waals surface area contributed by atoms with Crippen molar-refractivity contribution in [2.45, 2.75) is 5.75 Å². The van der Waals surface area contributed by atoms with Crippen LogP contribution < -0.4 is 14.8 Å². The predicted molar refractivity (Wildman–Crippen MR) is 93.3 cm³/mol. The lowest BCUT2D eigenvalue weighted by Crippen LogP contribution is -2.16. The number of amides is 1. The highest BCUT2D eigenvalue weighted by Crippen LogP contribution is 2.25. The van der Waals surface area contributed by atoms with Crippen LogP contribution in [0.1, 0.15) is 15.9 Å². The van der Waals surface area contributed by atoms with Crippen molar-refractivity contribution >= 4 is 29.3 Å². The van der Waals surface area contributed by atoms with Gasteiger partial charge in [0.1, 0.15) is 6.33 Å². The summed E-state index contributed by atoms with van der Waals surface area (Å²) < 4.78 is 10.2. The summed E-state index contributed by atoms with van der Waals surface area (Å²) in [5.41, 5.74) is 1.55. The number of aromatic nitrogens is 2. The number of ether oxygens (including phenoxy) is 2. The van der Waals surface area contributed by atoms with E-state index in [0.29, 0.717) is 11.4 Å². The molecule has 0 unspecified atom stereocenters. The topological polar surface area (TPSA) is 111 Å². The lowest BCUT2D eigenvalue weighted by molar-refractivity contribution is -0.133. The summed E-state index contributed by atoms with van der Waals surface area (Å²) in [6.07, 6.45) is 1.24. The molecule has 2 rings (SSSR count). The number of carboxylic acid groups (broad SMARTS) is 1. The normalized spacial score (nSPS) is 10.2. The Morgan fingerprint density at radius 2 is 1.88 bits per heavy atom. The number of anilines is 1. The lowest BCUT2D eigenvalue weighted by atomic mass is 10.2. The van der Waals surface area contributed by atoms with E-state index < -0.39 is 11.9 Å². The predicted octanol–water partition coefficient (Wildman–Crippen LogP) is 2.06. The molecule has 1 amide bonds. The van der Waals surface area contributed by atoms with Crippen molar-refractivity contribution < 1.29 is 24.2 Å². The van der Waals surface area contributed by atoms with Gasteiger partial charge in [-0.15, -0.1) is 11.8 Å². The van der Waals surface area contributed by atoms with E-state index in [0.717, 1.165) is 5.56 Å². The molecule has 2 N–H and O–H groups in total. The number of carbonyl (C=O) groups excluding carboxylic acids is 1. The second kappa shape index (κ2) is 8.88. The average molecular weight is 363 g/mol. The number of hydrogen-bond donors (Lipinski definition) is 2. The third kappa shape index (κ3) is 5.08. The van der Waals surface area contributed by atoms with Gasteiger partial charge in [-0.2, -0.15) is 0 Å². The minimum absolute atomic E-state index is 0.0202. The summed E-state index contributed by atoms with van der Waals surface area (Å²) in [5.74, 6) is -0.568. The number of nitrogens with zero attached hydrogens (tertiary/aromatic N) is 2. The molecule has 0 aliphatic carbocycles. The fourth-order valence-electron chi connectivity index (χ4n) is 2.05. The number of benzene rings is 1. The molecule has 0 aliphatic heterocycles. The van der Waals surface area contributed by atoms with Crippen LogP contribution in [0.15, 0.2) is 30.6 Å². The Labute approximate surface area is 148 Å². The van der Waals surface area contributed by atoms with Crippen molar-refractivity contribution in [2.75, 3.05) is 25.3 Å². The van der Waals surface area contributed by atoms with Gasteiger partial charge in [0.2, 0.25) is 11.8 Å². The zero-order valence-electron chi connectivity index (χ0n) is 13.7. The monoisotopic (exact) mass is 363 g/mol. The largest absolute Gasteiger partial charge is 0.481 e. The van der Waals surface area contributed by atoms with Gasteiger partial charge in [0.15, 0.2) is 5.56 Å². The maximum absolute atomic E-state index is 12.6. The van der Waals surface area contributed by atoms with Crippen LogP contribution >= 0.6 is 11.8 Å². The molecule has 0 radical (unpaired) electrons. The van der Waals surface area contributed by atoms with E-state index in [1.807, 2.05) is 6.07 Å². The van der Waals surface area contributed by atoms with Gasteiger partial charge in [-0.25, -0.2) is 9.97 Å². The van der Waals surface area contributed by atoms with Crippen molar-refractivity contribution in [3.8, 4) is 11.8 Å². The van der Waals surface area contributed by atoms with Gasteiger partial charge in [-0.05, 0) is 17.7 Å². The van der Waals surface area contributed by atoms with Gasteiger partial charge in [-0.1, -0.05) is 12.1 Å². The first kappa shape index (κ1) is 18.5. The van der Waals surface area contributed by atoms with Gasteiger partial charge in [0.25, 0.3) is 5.91 Å². The summed E-state index contributed by atoms with van der Waals surface area (Å²) >= 11 is 1.28. The van der Waals surface area contributed by atoms with Crippen molar-refractivity contribution in [2.24, 2.45) is 0 Å². The van der Waals surface area contributed by atoms with E-state index in [9.17, 15) is 9.59 Å². The van der Waals surface area contributed by atoms with Crippen molar-refractivity contribution in [3.63, 3.8) is 0 Å². The molecule has 8 nitrogen and oxygen atoms in total. The molecule has 0 atom stereocenters. The highest BCUT2D eigenvalue weighted by atomic mass is 32.2. The number of nitrogens with one attached hydrogen (secondary N) is 1. The van der Waals surface area contributed by atoms with Crippen LogP contribution in [0, 0.1) is 0 Å². The maximum Gasteiger partial charge on any atom is 0.313 e. The third-order valence-corrected chi connectivity index (χ3v) is 4.06. The summed E-state index contributed by atoms with van der Waals surface area (Å²) in [6.45, 7) is 0. The zero-order valence-corrected chi connectivity index (χ0v) is 14.5. The zero-order chi connectivity index (χ0) is 18.2. The van der Waals surface area contributed by atoms with Gasteiger partial charge >= 0.3 is 5.97 Å². The second-order valence-corrected chi connectivity index (χ2v) is 5.79. The molecule has 9 heteroatoms. The van der Waals surface area contributed by atoms with Crippen LogP contribution in [0.3, 0.4) is 0 Å². The summed E-state index contributed by atoms with van der Waals surface area (Å²) in [6, 6.07) is 7.14. The van der Waals surface area contributed by atoms with E-state index in [4.69, 9.17) is 14.6 Å². The van der Waals surface area contributed by atoms with Crippen LogP contribution in [0.2, 0.25) is 0 Å². The Hall–Kier alpha value is -2.81. The van der Waals surface area contributed by atoms with Gasteiger partial charge in [0.05, 0.1) is 20.0 Å². The molecule has 0 fully saturated rings. The highest BCUT2D eigenvalue weighted by Gasteiger charge is 2.21. The Morgan fingerprint density at radius 1 is 1.20 bits per heavy atom. The molecule has 132 valence electrons. The number of rotatable bonds is 8. The average Bonchev–Trinajstić information content (AvgIpc) is 2.60. The van der Waals surface area contributed by atoms with Gasteiger partial charge in [-0.3, -0.25) is 9.59 Å². The van der Waals surface area contributed by atoms with Gasteiger partial charge in [0, 0.05) is 11.4 Å². The van der Waals surface area contributed by atoms with E-state index >= 15 is 0 Å². The van der Waals surface area contributed by atoms with E-state index in [-0.39, 0.29) is 23.1 Å².